The Morgan fingerprint density at radius 3 is 1.93 bits per heavy atom. The maximum absolute atomic E-state index is 13.2. The summed E-state index contributed by atoms with van der Waals surface area (Å²) in [7, 11) is 3.02. The first-order valence-corrected chi connectivity index (χ1v) is 9.21. The molecule has 1 N–H and O–H groups in total. The summed E-state index contributed by atoms with van der Waals surface area (Å²) < 4.78 is 11.0. The maximum atomic E-state index is 13.2. The Morgan fingerprint density at radius 2 is 1.34 bits per heavy atom. The summed E-state index contributed by atoms with van der Waals surface area (Å²) in [6.07, 6.45) is 0. The zero-order valence-corrected chi connectivity index (χ0v) is 16.2. The molecule has 0 spiro atoms. The molecular weight excluding hydrogens is 364 g/mol. The van der Waals surface area contributed by atoms with Gasteiger partial charge in [-0.05, 0) is 45.8 Å². The van der Waals surface area contributed by atoms with Crippen LogP contribution in [0.2, 0.25) is 0 Å². The van der Waals surface area contributed by atoms with Gasteiger partial charge in [-0.2, -0.15) is 0 Å². The van der Waals surface area contributed by atoms with Crippen LogP contribution in [-0.4, -0.2) is 19.3 Å². The Hall–Kier alpha value is -3.79. The van der Waals surface area contributed by atoms with E-state index in [9.17, 15) is 9.90 Å². The Bertz CT molecular complexity index is 1230. The van der Waals surface area contributed by atoms with Crippen molar-refractivity contribution in [2.24, 2.45) is 0 Å². The van der Waals surface area contributed by atoms with Gasteiger partial charge in [0.1, 0.15) is 0 Å². The normalized spacial score (nSPS) is 10.7. The highest BCUT2D eigenvalue weighted by atomic mass is 16.5. The van der Waals surface area contributed by atoms with Gasteiger partial charge >= 0.3 is 0 Å². The zero-order chi connectivity index (χ0) is 20.4. The molecule has 0 aliphatic rings. The number of aromatic hydroxyl groups is 1. The van der Waals surface area contributed by atoms with Crippen LogP contribution >= 0.6 is 0 Å². The van der Waals surface area contributed by atoms with E-state index < -0.39 is 5.43 Å². The molecule has 29 heavy (non-hydrogen) atoms. The molecule has 0 aliphatic carbocycles. The minimum absolute atomic E-state index is 0.283. The topological polar surface area (TPSA) is 55.8 Å². The highest BCUT2D eigenvalue weighted by Gasteiger charge is 2.19. The molecule has 0 aromatic heterocycles. The molecule has 4 aromatic rings. The quantitative estimate of drug-likeness (QED) is 0.522. The van der Waals surface area contributed by atoms with Gasteiger partial charge in [0, 0.05) is 0 Å². The first kappa shape index (κ1) is 18.6. The maximum Gasteiger partial charge on any atom is 0.231 e. The van der Waals surface area contributed by atoms with Crippen LogP contribution in [0.1, 0.15) is 0 Å². The summed E-state index contributed by atoms with van der Waals surface area (Å²) in [6, 6.07) is 24.7. The van der Waals surface area contributed by atoms with Crippen molar-refractivity contribution in [1.29, 1.82) is 0 Å². The highest BCUT2D eigenvalue weighted by molar-refractivity contribution is 6.03. The van der Waals surface area contributed by atoms with Crippen LogP contribution < -0.4 is 14.9 Å². The predicted octanol–water partition coefficient (Wildman–Crippen LogP) is 5.26. The Morgan fingerprint density at radius 1 is 0.724 bits per heavy atom. The van der Waals surface area contributed by atoms with Crippen molar-refractivity contribution in [3.8, 4) is 39.5 Å². The number of ether oxygens (including phenoxy) is 2. The van der Waals surface area contributed by atoms with Crippen molar-refractivity contribution in [3.63, 3.8) is 0 Å². The molecule has 0 bridgehead atoms. The standard InChI is InChI=1S/C25H20O4/c1-28-22-15-19(17-11-7-4-8-12-17)20-13-18(16-9-5-3-6-10-16)14-21(26)24(27)23(20)25(22)29-2/h3-15H,1-2H3,(H,26,27). The van der Waals surface area contributed by atoms with E-state index in [2.05, 4.69) is 0 Å². The van der Waals surface area contributed by atoms with Crippen molar-refractivity contribution < 1.29 is 14.6 Å². The fourth-order valence-corrected chi connectivity index (χ4v) is 3.58. The summed E-state index contributed by atoms with van der Waals surface area (Å²) in [6.45, 7) is 0. The monoisotopic (exact) mass is 384 g/mol. The molecule has 0 atom stereocenters. The number of hydrogen-bond acceptors (Lipinski definition) is 4. The Balaban J connectivity index is 2.22. The summed E-state index contributed by atoms with van der Waals surface area (Å²) in [5.74, 6) is 0.393. The van der Waals surface area contributed by atoms with Crippen LogP contribution in [0.25, 0.3) is 33.0 Å². The average molecular weight is 384 g/mol. The number of hydrogen-bond donors (Lipinski definition) is 1. The van der Waals surface area contributed by atoms with Gasteiger partial charge in [-0.3, -0.25) is 4.79 Å². The molecule has 0 fully saturated rings. The van der Waals surface area contributed by atoms with E-state index in [0.29, 0.717) is 16.9 Å². The highest BCUT2D eigenvalue weighted by Crippen LogP contribution is 2.41. The number of methoxy groups -OCH3 is 2. The van der Waals surface area contributed by atoms with Gasteiger partial charge < -0.3 is 14.6 Å². The van der Waals surface area contributed by atoms with Crippen molar-refractivity contribution in [1.82, 2.24) is 0 Å². The first-order valence-electron chi connectivity index (χ1n) is 9.21. The average Bonchev–Trinajstić information content (AvgIpc) is 2.90. The van der Waals surface area contributed by atoms with E-state index in [1.807, 2.05) is 72.8 Å². The van der Waals surface area contributed by atoms with Crippen molar-refractivity contribution in [3.05, 3.63) is 89.1 Å². The van der Waals surface area contributed by atoms with Crippen LogP contribution in [0.4, 0.5) is 0 Å². The van der Waals surface area contributed by atoms with Crippen LogP contribution in [0.3, 0.4) is 0 Å². The Kier molecular flexibility index (Phi) is 4.92. The summed E-state index contributed by atoms with van der Waals surface area (Å²) in [5, 5.41) is 11.5. The summed E-state index contributed by atoms with van der Waals surface area (Å²) in [4.78, 5) is 13.2. The van der Waals surface area contributed by atoms with Crippen molar-refractivity contribution in [2.45, 2.75) is 0 Å². The summed E-state index contributed by atoms with van der Waals surface area (Å²) >= 11 is 0. The fraction of sp³-hybridized carbons (Fsp3) is 0.0800. The van der Waals surface area contributed by atoms with E-state index in [1.165, 1.54) is 20.3 Å². The lowest BCUT2D eigenvalue weighted by Crippen LogP contribution is -2.02. The van der Waals surface area contributed by atoms with Crippen LogP contribution in [0, 0.1) is 0 Å². The molecule has 4 rings (SSSR count). The lowest BCUT2D eigenvalue weighted by Gasteiger charge is -2.14. The van der Waals surface area contributed by atoms with E-state index >= 15 is 0 Å². The molecule has 4 heteroatoms. The predicted molar refractivity (Wildman–Crippen MR) is 116 cm³/mol. The largest absolute Gasteiger partial charge is 0.504 e. The Labute approximate surface area is 168 Å². The van der Waals surface area contributed by atoms with Gasteiger partial charge in [-0.25, -0.2) is 0 Å². The van der Waals surface area contributed by atoms with Crippen molar-refractivity contribution >= 4 is 10.8 Å². The summed E-state index contributed by atoms with van der Waals surface area (Å²) in [5.41, 5.74) is 2.88. The third kappa shape index (κ3) is 3.29. The van der Waals surface area contributed by atoms with Gasteiger partial charge in [0.25, 0.3) is 0 Å². The van der Waals surface area contributed by atoms with Gasteiger partial charge in [0.2, 0.25) is 5.43 Å². The number of rotatable bonds is 4. The van der Waals surface area contributed by atoms with Gasteiger partial charge in [-0.1, -0.05) is 60.7 Å². The molecule has 0 amide bonds. The third-order valence-corrected chi connectivity index (χ3v) is 4.95. The molecule has 0 saturated heterocycles. The molecule has 0 unspecified atom stereocenters. The van der Waals surface area contributed by atoms with Gasteiger partial charge in [0.15, 0.2) is 17.2 Å². The lowest BCUT2D eigenvalue weighted by atomic mass is 9.97. The lowest BCUT2D eigenvalue weighted by molar-refractivity contribution is 0.358. The second-order valence-electron chi connectivity index (χ2n) is 6.64. The first-order chi connectivity index (χ1) is 14.1. The van der Waals surface area contributed by atoms with Crippen molar-refractivity contribution in [2.75, 3.05) is 14.2 Å². The number of fused-ring (bicyclic) bond motifs is 1. The second kappa shape index (κ2) is 7.68. The molecular formula is C25H20O4. The number of benzene rings is 3. The molecule has 4 nitrogen and oxygen atoms in total. The minimum atomic E-state index is -0.505. The molecule has 0 aliphatic heterocycles. The molecule has 4 aromatic carbocycles. The van der Waals surface area contributed by atoms with E-state index in [-0.39, 0.29) is 11.1 Å². The van der Waals surface area contributed by atoms with E-state index in [0.717, 1.165) is 22.3 Å². The van der Waals surface area contributed by atoms with Gasteiger partial charge in [0.05, 0.1) is 19.6 Å². The molecule has 144 valence electrons. The zero-order valence-electron chi connectivity index (χ0n) is 16.2. The fourth-order valence-electron chi connectivity index (χ4n) is 3.58. The van der Waals surface area contributed by atoms with Crippen LogP contribution in [-0.2, 0) is 0 Å². The third-order valence-electron chi connectivity index (χ3n) is 4.95. The molecule has 0 radical (unpaired) electrons. The van der Waals surface area contributed by atoms with Gasteiger partial charge in [-0.15, -0.1) is 0 Å². The van der Waals surface area contributed by atoms with E-state index in [4.69, 9.17) is 9.47 Å². The minimum Gasteiger partial charge on any atom is -0.504 e. The molecule has 0 heterocycles. The SMILES string of the molecule is COc1cc(-c2ccccc2)c2cc(-c3ccccc3)cc(O)c(=O)c2c1OC. The second-order valence-corrected chi connectivity index (χ2v) is 6.64. The van der Waals surface area contributed by atoms with E-state index in [1.54, 1.807) is 0 Å². The van der Waals surface area contributed by atoms with Crippen LogP contribution in [0.5, 0.6) is 17.2 Å². The molecule has 0 saturated carbocycles. The van der Waals surface area contributed by atoms with Crippen LogP contribution in [0.15, 0.2) is 83.7 Å². The smallest absolute Gasteiger partial charge is 0.231 e.